The normalized spacial score (nSPS) is 18.9. The van der Waals surface area contributed by atoms with Crippen molar-refractivity contribution in [1.29, 1.82) is 0 Å². The van der Waals surface area contributed by atoms with Gasteiger partial charge in [-0.15, -0.1) is 5.10 Å². The van der Waals surface area contributed by atoms with Crippen LogP contribution < -0.4 is 14.9 Å². The number of hydrogen-bond donors (Lipinski definition) is 2. The summed E-state index contributed by atoms with van der Waals surface area (Å²) in [6, 6.07) is 16.7. The van der Waals surface area contributed by atoms with E-state index in [-0.39, 0.29) is 16.7 Å². The van der Waals surface area contributed by atoms with E-state index in [1.54, 1.807) is 18.2 Å². The molecule has 2 N–H and O–H groups in total. The first-order valence-electron chi connectivity index (χ1n) is 9.69. The Labute approximate surface area is 173 Å². The predicted molar refractivity (Wildman–Crippen MR) is 111 cm³/mol. The third-order valence-electron chi connectivity index (χ3n) is 5.38. The van der Waals surface area contributed by atoms with Crippen molar-refractivity contribution in [2.45, 2.75) is 11.3 Å². The number of benzene rings is 2. The highest BCUT2D eigenvalue weighted by molar-refractivity contribution is 7.92. The topological polar surface area (TPSA) is 109 Å². The van der Waals surface area contributed by atoms with Gasteiger partial charge in [-0.1, -0.05) is 30.3 Å². The van der Waals surface area contributed by atoms with Crippen molar-refractivity contribution in [3.05, 3.63) is 60.4 Å². The zero-order valence-electron chi connectivity index (χ0n) is 16.0. The maximum absolute atomic E-state index is 12.6. The SMILES string of the molecule is O=C(NC[C@@H]1CCN(c2ccccc2)C1)c1nc2n(n1)-c1ccccc1S(=O)(=O)N2. The highest BCUT2D eigenvalue weighted by atomic mass is 32.2. The number of sulfonamides is 1. The van der Waals surface area contributed by atoms with Crippen LogP contribution in [0.3, 0.4) is 0 Å². The van der Waals surface area contributed by atoms with Gasteiger partial charge in [-0.2, -0.15) is 9.67 Å². The van der Waals surface area contributed by atoms with Crippen molar-refractivity contribution >= 4 is 27.6 Å². The standard InChI is InChI=1S/C20H20N6O3S/c27-19(21-12-14-10-11-25(13-14)15-6-2-1-3-7-15)18-22-20-24-30(28,29)17-9-5-4-8-16(17)26(20)23-18/h1-9,14H,10-13H2,(H,21,27)(H,22,23,24)/t14-/m0/s1. The number of rotatable bonds is 4. The van der Waals surface area contributed by atoms with E-state index in [4.69, 9.17) is 0 Å². The van der Waals surface area contributed by atoms with Gasteiger partial charge in [0.15, 0.2) is 0 Å². The van der Waals surface area contributed by atoms with Crippen LogP contribution >= 0.6 is 0 Å². The summed E-state index contributed by atoms with van der Waals surface area (Å²) < 4.78 is 28.4. The Bertz CT molecular complexity index is 1210. The minimum absolute atomic E-state index is 0.00923. The fourth-order valence-corrected chi connectivity index (χ4v) is 5.04. The van der Waals surface area contributed by atoms with Gasteiger partial charge in [0.1, 0.15) is 4.90 Å². The van der Waals surface area contributed by atoms with Crippen molar-refractivity contribution in [2.75, 3.05) is 29.3 Å². The van der Waals surface area contributed by atoms with Crippen molar-refractivity contribution in [3.8, 4) is 5.69 Å². The summed E-state index contributed by atoms with van der Waals surface area (Å²) in [5, 5.41) is 7.11. The zero-order valence-corrected chi connectivity index (χ0v) is 16.8. The van der Waals surface area contributed by atoms with E-state index in [1.807, 2.05) is 18.2 Å². The van der Waals surface area contributed by atoms with Crippen LogP contribution in [0.4, 0.5) is 11.6 Å². The summed E-state index contributed by atoms with van der Waals surface area (Å²) in [7, 11) is -3.74. The molecule has 1 atom stereocenters. The predicted octanol–water partition coefficient (Wildman–Crippen LogP) is 1.64. The van der Waals surface area contributed by atoms with Crippen LogP contribution in [0.2, 0.25) is 0 Å². The van der Waals surface area contributed by atoms with Crippen molar-refractivity contribution in [1.82, 2.24) is 20.1 Å². The molecule has 10 heteroatoms. The van der Waals surface area contributed by atoms with Gasteiger partial charge < -0.3 is 10.2 Å². The van der Waals surface area contributed by atoms with Crippen LogP contribution in [-0.2, 0) is 10.0 Å². The van der Waals surface area contributed by atoms with Crippen molar-refractivity contribution in [2.24, 2.45) is 5.92 Å². The molecule has 9 nitrogen and oxygen atoms in total. The van der Waals surface area contributed by atoms with E-state index < -0.39 is 15.9 Å². The molecule has 154 valence electrons. The monoisotopic (exact) mass is 424 g/mol. The molecule has 1 aromatic heterocycles. The van der Waals surface area contributed by atoms with Crippen LogP contribution in [0.25, 0.3) is 5.69 Å². The number of hydrogen-bond acceptors (Lipinski definition) is 6. The van der Waals surface area contributed by atoms with Gasteiger partial charge in [-0.25, -0.2) is 13.1 Å². The Balaban J connectivity index is 1.27. The Morgan fingerprint density at radius 1 is 1.13 bits per heavy atom. The Morgan fingerprint density at radius 2 is 1.90 bits per heavy atom. The lowest BCUT2D eigenvalue weighted by atomic mass is 10.1. The molecule has 0 unspecified atom stereocenters. The molecule has 2 aliphatic heterocycles. The lowest BCUT2D eigenvalue weighted by Gasteiger charge is -2.18. The number of nitrogens with one attached hydrogen (secondary N) is 2. The second-order valence-electron chi connectivity index (χ2n) is 7.39. The third kappa shape index (κ3) is 3.28. The molecule has 1 fully saturated rings. The molecular formula is C20H20N6O3S. The first-order valence-corrected chi connectivity index (χ1v) is 11.2. The molecule has 1 saturated heterocycles. The fourth-order valence-electron chi connectivity index (χ4n) is 3.87. The average molecular weight is 424 g/mol. The summed E-state index contributed by atoms with van der Waals surface area (Å²) in [6.45, 7) is 2.32. The largest absolute Gasteiger partial charge is 0.371 e. The minimum Gasteiger partial charge on any atom is -0.371 e. The second kappa shape index (κ2) is 7.13. The molecule has 0 saturated carbocycles. The molecule has 0 bridgehead atoms. The summed E-state index contributed by atoms with van der Waals surface area (Å²) in [6.07, 6.45) is 0.982. The van der Waals surface area contributed by atoms with Gasteiger partial charge in [-0.3, -0.25) is 4.79 Å². The maximum atomic E-state index is 12.6. The van der Waals surface area contributed by atoms with Gasteiger partial charge in [0, 0.05) is 25.3 Å². The zero-order chi connectivity index (χ0) is 20.7. The van der Waals surface area contributed by atoms with Gasteiger partial charge in [0.2, 0.25) is 11.8 Å². The van der Waals surface area contributed by atoms with Crippen LogP contribution in [0, 0.1) is 5.92 Å². The molecule has 30 heavy (non-hydrogen) atoms. The lowest BCUT2D eigenvalue weighted by molar-refractivity contribution is 0.0938. The Hall–Kier alpha value is -3.40. The molecule has 0 spiro atoms. The summed E-state index contributed by atoms with van der Waals surface area (Å²) >= 11 is 0. The van der Waals surface area contributed by atoms with Crippen molar-refractivity contribution in [3.63, 3.8) is 0 Å². The number of nitrogens with zero attached hydrogens (tertiary/aromatic N) is 4. The smallest absolute Gasteiger partial charge is 0.291 e. The quantitative estimate of drug-likeness (QED) is 0.659. The number of aromatic nitrogens is 3. The van der Waals surface area contributed by atoms with Gasteiger partial charge in [-0.05, 0) is 36.6 Å². The molecule has 2 aliphatic rings. The van der Waals surface area contributed by atoms with Crippen LogP contribution in [0.15, 0.2) is 59.5 Å². The average Bonchev–Trinajstić information content (AvgIpc) is 3.40. The molecule has 1 amide bonds. The third-order valence-corrected chi connectivity index (χ3v) is 6.75. The molecule has 0 radical (unpaired) electrons. The highest BCUT2D eigenvalue weighted by Gasteiger charge is 2.31. The minimum atomic E-state index is -3.74. The van der Waals surface area contributed by atoms with Crippen LogP contribution in [0.1, 0.15) is 17.0 Å². The fraction of sp³-hybridized carbons (Fsp3) is 0.250. The number of fused-ring (bicyclic) bond motifs is 3. The van der Waals surface area contributed by atoms with E-state index in [0.29, 0.717) is 18.2 Å². The van der Waals surface area contributed by atoms with E-state index in [1.165, 1.54) is 16.4 Å². The Morgan fingerprint density at radius 3 is 2.73 bits per heavy atom. The number of carbonyl (C=O) groups excluding carboxylic acids is 1. The number of carbonyl (C=O) groups is 1. The number of anilines is 2. The highest BCUT2D eigenvalue weighted by Crippen LogP contribution is 2.29. The maximum Gasteiger partial charge on any atom is 0.291 e. The van der Waals surface area contributed by atoms with Gasteiger partial charge in [0.25, 0.3) is 15.9 Å². The summed E-state index contributed by atoms with van der Waals surface area (Å²) in [5.74, 6) is -0.158. The van der Waals surface area contributed by atoms with Gasteiger partial charge >= 0.3 is 0 Å². The Kier molecular flexibility index (Phi) is 4.43. The first kappa shape index (κ1) is 18.6. The van der Waals surface area contributed by atoms with Gasteiger partial charge in [0.05, 0.1) is 5.69 Å². The molecule has 3 aromatic rings. The molecular weight excluding hydrogens is 404 g/mol. The van der Waals surface area contributed by atoms with Crippen LogP contribution in [0.5, 0.6) is 0 Å². The molecule has 0 aliphatic carbocycles. The summed E-state index contributed by atoms with van der Waals surface area (Å²) in [5.41, 5.74) is 1.55. The molecule has 5 rings (SSSR count). The van der Waals surface area contributed by atoms with E-state index >= 15 is 0 Å². The molecule has 2 aromatic carbocycles. The lowest BCUT2D eigenvalue weighted by Crippen LogP contribution is -2.31. The van der Waals surface area contributed by atoms with Crippen LogP contribution in [-0.4, -0.2) is 48.7 Å². The summed E-state index contributed by atoms with van der Waals surface area (Å²) in [4.78, 5) is 19.1. The van der Waals surface area contributed by atoms with E-state index in [2.05, 4.69) is 37.2 Å². The van der Waals surface area contributed by atoms with E-state index in [9.17, 15) is 13.2 Å². The van der Waals surface area contributed by atoms with E-state index in [0.717, 1.165) is 19.5 Å². The number of amides is 1. The first-order chi connectivity index (χ1) is 14.5. The number of para-hydroxylation sites is 2. The second-order valence-corrected chi connectivity index (χ2v) is 9.04. The van der Waals surface area contributed by atoms with Crippen molar-refractivity contribution < 1.29 is 13.2 Å². The molecule has 3 heterocycles.